The smallest absolute Gasteiger partial charge is 0.301 e. The third-order valence-electron chi connectivity index (χ3n) is 2.58. The van der Waals surface area contributed by atoms with Crippen LogP contribution >= 0.6 is 11.7 Å². The fourth-order valence-corrected chi connectivity index (χ4v) is 3.24. The van der Waals surface area contributed by atoms with E-state index in [0.717, 1.165) is 11.7 Å². The van der Waals surface area contributed by atoms with Crippen molar-refractivity contribution < 1.29 is 17.6 Å². The highest BCUT2D eigenvalue weighted by atomic mass is 32.2. The van der Waals surface area contributed by atoms with E-state index in [4.69, 9.17) is 4.42 Å². The van der Waals surface area contributed by atoms with Crippen molar-refractivity contribution in [2.45, 2.75) is 4.90 Å². The fourth-order valence-electron chi connectivity index (χ4n) is 1.64. The molecule has 2 N–H and O–H groups in total. The molecule has 0 spiro atoms. The summed E-state index contributed by atoms with van der Waals surface area (Å²) in [6.45, 7) is 0. The molecule has 1 aromatic carbocycles. The number of benzene rings is 1. The second-order valence-corrected chi connectivity index (χ2v) is 6.10. The van der Waals surface area contributed by atoms with Crippen LogP contribution in [0.4, 0.5) is 0 Å². The summed E-state index contributed by atoms with van der Waals surface area (Å²) in [4.78, 5) is 13.6. The van der Waals surface area contributed by atoms with Gasteiger partial charge in [0.2, 0.25) is 0 Å². The van der Waals surface area contributed by atoms with E-state index in [0.29, 0.717) is 5.52 Å². The molecule has 1 amide bonds. The minimum Gasteiger partial charge on any atom is -0.459 e. The first-order chi connectivity index (χ1) is 10.1. The fraction of sp³-hybridized carbons (Fsp3) is 0. The Kier molecular flexibility index (Phi) is 3.41. The van der Waals surface area contributed by atoms with Crippen molar-refractivity contribution in [2.75, 3.05) is 0 Å². The highest BCUT2D eigenvalue weighted by molar-refractivity contribution is 7.89. The number of hydrazine groups is 1. The number of nitrogens with one attached hydrogen (secondary N) is 2. The third kappa shape index (κ3) is 2.63. The van der Waals surface area contributed by atoms with Crippen molar-refractivity contribution in [3.8, 4) is 0 Å². The molecule has 0 bridgehead atoms. The van der Waals surface area contributed by atoms with Gasteiger partial charge in [0.05, 0.1) is 18.0 Å². The normalized spacial score (nSPS) is 11.6. The number of fused-ring (bicyclic) bond motifs is 1. The van der Waals surface area contributed by atoms with Crippen molar-refractivity contribution in [3.05, 3.63) is 42.4 Å². The van der Waals surface area contributed by atoms with Gasteiger partial charge in [0.15, 0.2) is 5.76 Å². The van der Waals surface area contributed by atoms with Crippen LogP contribution in [-0.2, 0) is 10.0 Å². The van der Waals surface area contributed by atoms with Crippen LogP contribution in [0.1, 0.15) is 10.6 Å². The van der Waals surface area contributed by atoms with Crippen LogP contribution in [0.2, 0.25) is 0 Å². The average molecular weight is 324 g/mol. The van der Waals surface area contributed by atoms with E-state index in [1.54, 1.807) is 12.1 Å². The number of nitrogens with zero attached hydrogens (tertiary/aromatic N) is 2. The van der Waals surface area contributed by atoms with Crippen molar-refractivity contribution in [2.24, 2.45) is 0 Å². The first kappa shape index (κ1) is 13.7. The largest absolute Gasteiger partial charge is 0.459 e. The molecule has 0 atom stereocenters. The summed E-state index contributed by atoms with van der Waals surface area (Å²) in [7, 11) is -3.96. The van der Waals surface area contributed by atoms with E-state index in [9.17, 15) is 13.2 Å². The Bertz CT molecular complexity index is 886. The summed E-state index contributed by atoms with van der Waals surface area (Å²) >= 11 is 0.911. The number of aromatic nitrogens is 2. The molecular formula is C11H8N4O4S2. The van der Waals surface area contributed by atoms with Crippen molar-refractivity contribution in [1.82, 2.24) is 19.0 Å². The molecule has 0 aliphatic rings. The van der Waals surface area contributed by atoms with Gasteiger partial charge in [-0.15, -0.1) is 4.83 Å². The number of hydrogen-bond donors (Lipinski definition) is 2. The van der Waals surface area contributed by atoms with Crippen LogP contribution in [0.25, 0.3) is 11.0 Å². The summed E-state index contributed by atoms with van der Waals surface area (Å²) in [6, 6.07) is 7.51. The van der Waals surface area contributed by atoms with Gasteiger partial charge in [-0.05, 0) is 24.3 Å². The molecule has 8 nitrogen and oxygen atoms in total. The number of sulfonamides is 1. The highest BCUT2D eigenvalue weighted by Gasteiger charge is 2.21. The zero-order valence-corrected chi connectivity index (χ0v) is 11.9. The van der Waals surface area contributed by atoms with E-state index in [1.165, 1.54) is 24.5 Å². The molecule has 2 aromatic heterocycles. The van der Waals surface area contributed by atoms with Gasteiger partial charge >= 0.3 is 5.91 Å². The summed E-state index contributed by atoms with van der Waals surface area (Å²) in [6.07, 6.45) is 1.31. The molecule has 0 saturated heterocycles. The third-order valence-corrected chi connectivity index (χ3v) is 4.40. The quantitative estimate of drug-likeness (QED) is 0.689. The Hall–Kier alpha value is -2.30. The first-order valence-electron chi connectivity index (χ1n) is 5.65. The molecule has 0 unspecified atom stereocenters. The van der Waals surface area contributed by atoms with Gasteiger partial charge < -0.3 is 4.42 Å². The number of furan rings is 1. The number of carbonyl (C=O) groups excluding carboxylic acids is 1. The minimum absolute atomic E-state index is 0.00812. The molecular weight excluding hydrogens is 316 g/mol. The van der Waals surface area contributed by atoms with Gasteiger partial charge in [-0.2, -0.15) is 8.75 Å². The van der Waals surface area contributed by atoms with Crippen molar-refractivity contribution >= 4 is 38.7 Å². The van der Waals surface area contributed by atoms with E-state index in [1.807, 2.05) is 4.83 Å². The molecule has 10 heteroatoms. The van der Waals surface area contributed by atoms with Crippen molar-refractivity contribution in [3.63, 3.8) is 0 Å². The topological polar surface area (TPSA) is 114 Å². The number of carbonyl (C=O) groups is 1. The highest BCUT2D eigenvalue weighted by Crippen LogP contribution is 2.20. The van der Waals surface area contributed by atoms with Crippen LogP contribution in [0.15, 0.2) is 45.9 Å². The van der Waals surface area contributed by atoms with Gasteiger partial charge in [0, 0.05) is 0 Å². The molecule has 0 aliphatic carbocycles. The van der Waals surface area contributed by atoms with E-state index in [2.05, 4.69) is 14.2 Å². The predicted octanol–water partition coefficient (Wildman–Crippen LogP) is 0.908. The van der Waals surface area contributed by atoms with E-state index >= 15 is 0 Å². The average Bonchev–Trinajstić information content (AvgIpc) is 3.14. The monoisotopic (exact) mass is 324 g/mol. The lowest BCUT2D eigenvalue weighted by molar-refractivity contribution is 0.0917. The van der Waals surface area contributed by atoms with Gasteiger partial charge in [-0.3, -0.25) is 10.2 Å². The summed E-state index contributed by atoms with van der Waals surface area (Å²) in [5.41, 5.74) is 2.79. The van der Waals surface area contributed by atoms with Gasteiger partial charge in [-0.25, -0.2) is 8.42 Å². The lowest BCUT2D eigenvalue weighted by Crippen LogP contribution is -2.41. The number of rotatable bonds is 4. The molecule has 0 saturated carbocycles. The maximum Gasteiger partial charge on any atom is 0.301 e. The maximum atomic E-state index is 12.2. The Morgan fingerprint density at radius 1 is 1.19 bits per heavy atom. The predicted molar refractivity (Wildman–Crippen MR) is 73.9 cm³/mol. The second-order valence-electron chi connectivity index (χ2n) is 3.93. The lowest BCUT2D eigenvalue weighted by Gasteiger charge is -2.07. The summed E-state index contributed by atoms with van der Waals surface area (Å²) < 4.78 is 37.2. The summed E-state index contributed by atoms with van der Waals surface area (Å²) in [5, 5.41) is 0. The molecule has 0 fully saturated rings. The summed E-state index contributed by atoms with van der Waals surface area (Å²) in [5.74, 6) is -0.710. The van der Waals surface area contributed by atoms with E-state index in [-0.39, 0.29) is 16.2 Å². The molecule has 0 aliphatic heterocycles. The molecule has 21 heavy (non-hydrogen) atoms. The lowest BCUT2D eigenvalue weighted by atomic mass is 10.3. The zero-order valence-electron chi connectivity index (χ0n) is 10.3. The van der Waals surface area contributed by atoms with Gasteiger partial charge in [0.25, 0.3) is 10.0 Å². The van der Waals surface area contributed by atoms with Gasteiger partial charge in [-0.1, -0.05) is 6.07 Å². The van der Waals surface area contributed by atoms with Crippen LogP contribution in [0.5, 0.6) is 0 Å². The Balaban J connectivity index is 1.84. The SMILES string of the molecule is O=C(NNS(=O)(=O)c1cccc2nsnc12)c1ccco1. The van der Waals surface area contributed by atoms with Crippen molar-refractivity contribution in [1.29, 1.82) is 0 Å². The standard InChI is InChI=1S/C11H8N4O4S2/c16-11(8-4-2-6-19-8)12-15-21(17,18)9-5-1-3-7-10(9)14-20-13-7/h1-6,15H,(H,12,16). The Morgan fingerprint density at radius 2 is 2.05 bits per heavy atom. The van der Waals surface area contributed by atoms with Crippen LogP contribution in [0, 0.1) is 0 Å². The van der Waals surface area contributed by atoms with Crippen LogP contribution in [0.3, 0.4) is 0 Å². The Labute approximate surface area is 123 Å². The molecule has 108 valence electrons. The number of amides is 1. The molecule has 0 radical (unpaired) electrons. The van der Waals surface area contributed by atoms with Gasteiger partial charge in [0.1, 0.15) is 15.9 Å². The molecule has 3 rings (SSSR count). The minimum atomic E-state index is -3.96. The van der Waals surface area contributed by atoms with Crippen LogP contribution in [-0.4, -0.2) is 23.1 Å². The second kappa shape index (κ2) is 5.24. The van der Waals surface area contributed by atoms with Crippen LogP contribution < -0.4 is 10.3 Å². The first-order valence-corrected chi connectivity index (χ1v) is 7.86. The number of hydrogen-bond acceptors (Lipinski definition) is 7. The van der Waals surface area contributed by atoms with E-state index < -0.39 is 15.9 Å². The zero-order chi connectivity index (χ0) is 14.9. The Morgan fingerprint density at radius 3 is 2.81 bits per heavy atom. The maximum absolute atomic E-state index is 12.2. The molecule has 2 heterocycles. The molecule has 3 aromatic rings.